The highest BCUT2D eigenvalue weighted by Gasteiger charge is 2.26. The number of carbonyl (C=O) groups is 2. The van der Waals surface area contributed by atoms with E-state index < -0.39 is 23.4 Å². The van der Waals surface area contributed by atoms with Crippen molar-refractivity contribution in [3.8, 4) is 0 Å². The van der Waals surface area contributed by atoms with Crippen molar-refractivity contribution in [2.24, 2.45) is 0 Å². The normalized spacial score (nSPS) is 17.2. The van der Waals surface area contributed by atoms with Crippen LogP contribution in [0.1, 0.15) is 42.9 Å². The van der Waals surface area contributed by atoms with Crippen LogP contribution in [0.3, 0.4) is 0 Å². The first kappa shape index (κ1) is 23.2. The summed E-state index contributed by atoms with van der Waals surface area (Å²) >= 11 is 0. The molecule has 2 aliphatic rings. The molecule has 2 amide bonds. The number of hydrogen-bond acceptors (Lipinski definition) is 4. The molecule has 0 spiro atoms. The van der Waals surface area contributed by atoms with Crippen LogP contribution in [0.15, 0.2) is 36.4 Å². The number of nitrogens with one attached hydrogen (secondary N) is 2. The molecule has 0 radical (unpaired) electrons. The SMILES string of the molecule is CN1CCCc2cc([C@@H](CNC(=O)C(=O)Nc3ccc(F)cc3F)N3CCCCC3)ccc21. The molecular formula is C25H30F2N4O2. The molecule has 2 aromatic rings. The predicted molar refractivity (Wildman–Crippen MR) is 124 cm³/mol. The summed E-state index contributed by atoms with van der Waals surface area (Å²) in [6.07, 6.45) is 5.53. The van der Waals surface area contributed by atoms with Crippen LogP contribution >= 0.6 is 0 Å². The van der Waals surface area contributed by atoms with Gasteiger partial charge < -0.3 is 15.5 Å². The zero-order valence-corrected chi connectivity index (χ0v) is 18.9. The Balaban J connectivity index is 1.46. The van der Waals surface area contributed by atoms with E-state index >= 15 is 0 Å². The number of likely N-dealkylation sites (tertiary alicyclic amines) is 1. The molecular weight excluding hydrogens is 426 g/mol. The summed E-state index contributed by atoms with van der Waals surface area (Å²) in [7, 11) is 2.10. The number of carbonyl (C=O) groups excluding carboxylic acids is 2. The first-order chi connectivity index (χ1) is 15.9. The molecule has 2 aliphatic heterocycles. The summed E-state index contributed by atoms with van der Waals surface area (Å²) < 4.78 is 26.9. The van der Waals surface area contributed by atoms with Crippen molar-refractivity contribution >= 4 is 23.2 Å². The largest absolute Gasteiger partial charge is 0.374 e. The highest BCUT2D eigenvalue weighted by atomic mass is 19.1. The van der Waals surface area contributed by atoms with Gasteiger partial charge in [0.1, 0.15) is 11.6 Å². The van der Waals surface area contributed by atoms with E-state index in [-0.39, 0.29) is 18.3 Å². The van der Waals surface area contributed by atoms with Gasteiger partial charge in [-0.05, 0) is 68.1 Å². The molecule has 0 saturated carbocycles. The van der Waals surface area contributed by atoms with E-state index in [1.54, 1.807) is 0 Å². The van der Waals surface area contributed by atoms with E-state index in [2.05, 4.69) is 45.7 Å². The third kappa shape index (κ3) is 5.50. The third-order valence-electron chi connectivity index (χ3n) is 6.51. The molecule has 0 aliphatic carbocycles. The fourth-order valence-corrected chi connectivity index (χ4v) is 4.74. The summed E-state index contributed by atoms with van der Waals surface area (Å²) in [5.74, 6) is -3.51. The van der Waals surface area contributed by atoms with Gasteiger partial charge in [-0.1, -0.05) is 18.6 Å². The van der Waals surface area contributed by atoms with E-state index in [1.807, 2.05) is 0 Å². The fraction of sp³-hybridized carbons (Fsp3) is 0.440. The van der Waals surface area contributed by atoms with Crippen molar-refractivity contribution in [2.45, 2.75) is 38.1 Å². The van der Waals surface area contributed by atoms with Gasteiger partial charge in [-0.25, -0.2) is 8.78 Å². The smallest absolute Gasteiger partial charge is 0.313 e. The molecule has 2 heterocycles. The number of benzene rings is 2. The average molecular weight is 457 g/mol. The number of aryl methyl sites for hydroxylation is 1. The van der Waals surface area contributed by atoms with Crippen molar-refractivity contribution in [3.63, 3.8) is 0 Å². The molecule has 8 heteroatoms. The average Bonchev–Trinajstić information content (AvgIpc) is 2.81. The van der Waals surface area contributed by atoms with Crippen LogP contribution < -0.4 is 15.5 Å². The number of fused-ring (bicyclic) bond motifs is 1. The maximum absolute atomic E-state index is 13.8. The Morgan fingerprint density at radius 1 is 0.970 bits per heavy atom. The van der Waals surface area contributed by atoms with Crippen molar-refractivity contribution in [1.82, 2.24) is 10.2 Å². The standard InChI is InChI=1S/C25H30F2N4O2/c1-30-11-5-6-17-14-18(7-10-22(17)30)23(31-12-3-2-4-13-31)16-28-24(32)25(33)29-21-9-8-19(26)15-20(21)27/h7-10,14-15,23H,2-6,11-13,16H2,1H3,(H,28,32)(H,29,33)/t23-/m1/s1. The number of rotatable bonds is 5. The summed E-state index contributed by atoms with van der Waals surface area (Å²) in [4.78, 5) is 29.4. The Morgan fingerprint density at radius 3 is 2.52 bits per heavy atom. The lowest BCUT2D eigenvalue weighted by Crippen LogP contribution is -2.43. The molecule has 2 N–H and O–H groups in total. The third-order valence-corrected chi connectivity index (χ3v) is 6.51. The minimum Gasteiger partial charge on any atom is -0.374 e. The van der Waals surface area contributed by atoms with Gasteiger partial charge in [0, 0.05) is 31.9 Å². The maximum Gasteiger partial charge on any atom is 0.313 e. The number of nitrogens with zero attached hydrogens (tertiary/aromatic N) is 2. The molecule has 176 valence electrons. The Hall–Kier alpha value is -3.00. The lowest BCUT2D eigenvalue weighted by Gasteiger charge is -2.36. The Morgan fingerprint density at radius 2 is 1.76 bits per heavy atom. The Labute approximate surface area is 192 Å². The number of amides is 2. The van der Waals surface area contributed by atoms with Gasteiger partial charge in [-0.3, -0.25) is 14.5 Å². The lowest BCUT2D eigenvalue weighted by atomic mass is 9.95. The van der Waals surface area contributed by atoms with Crippen molar-refractivity contribution in [1.29, 1.82) is 0 Å². The topological polar surface area (TPSA) is 64.7 Å². The second-order valence-electron chi connectivity index (χ2n) is 8.81. The van der Waals surface area contributed by atoms with Crippen LogP contribution in [0.5, 0.6) is 0 Å². The molecule has 0 aromatic heterocycles. The number of anilines is 2. The van der Waals surface area contributed by atoms with E-state index in [1.165, 1.54) is 17.7 Å². The van der Waals surface area contributed by atoms with Crippen molar-refractivity contribution in [3.05, 3.63) is 59.2 Å². The zero-order valence-electron chi connectivity index (χ0n) is 18.9. The van der Waals surface area contributed by atoms with Gasteiger partial charge in [0.25, 0.3) is 0 Å². The minimum atomic E-state index is -0.982. The van der Waals surface area contributed by atoms with Gasteiger partial charge in [0.15, 0.2) is 0 Å². The monoisotopic (exact) mass is 456 g/mol. The maximum atomic E-state index is 13.8. The summed E-state index contributed by atoms with van der Waals surface area (Å²) in [6.45, 7) is 3.18. The Bertz CT molecular complexity index is 1020. The molecule has 0 bridgehead atoms. The lowest BCUT2D eigenvalue weighted by molar-refractivity contribution is -0.136. The molecule has 4 rings (SSSR count). The van der Waals surface area contributed by atoms with E-state index in [9.17, 15) is 18.4 Å². The van der Waals surface area contributed by atoms with Crippen LogP contribution in [-0.4, -0.2) is 49.9 Å². The molecule has 1 fully saturated rings. The van der Waals surface area contributed by atoms with Gasteiger partial charge in [0.05, 0.1) is 11.7 Å². The number of hydrogen-bond donors (Lipinski definition) is 2. The van der Waals surface area contributed by atoms with Gasteiger partial charge in [0.2, 0.25) is 0 Å². The Kier molecular flexibility index (Phi) is 7.23. The van der Waals surface area contributed by atoms with Crippen LogP contribution in [0.4, 0.5) is 20.2 Å². The molecule has 6 nitrogen and oxygen atoms in total. The first-order valence-corrected chi connectivity index (χ1v) is 11.5. The highest BCUT2D eigenvalue weighted by Crippen LogP contribution is 2.31. The van der Waals surface area contributed by atoms with Crippen molar-refractivity contribution in [2.75, 3.05) is 43.4 Å². The highest BCUT2D eigenvalue weighted by molar-refractivity contribution is 6.39. The summed E-state index contributed by atoms with van der Waals surface area (Å²) in [5.41, 5.74) is 3.44. The first-order valence-electron chi connectivity index (χ1n) is 11.5. The zero-order chi connectivity index (χ0) is 23.4. The van der Waals surface area contributed by atoms with Gasteiger partial charge in [-0.2, -0.15) is 0 Å². The van der Waals surface area contributed by atoms with E-state index in [0.29, 0.717) is 6.07 Å². The summed E-state index contributed by atoms with van der Waals surface area (Å²) in [5, 5.41) is 4.93. The van der Waals surface area contributed by atoms with Crippen LogP contribution in [0, 0.1) is 11.6 Å². The second kappa shape index (κ2) is 10.3. The van der Waals surface area contributed by atoms with Crippen molar-refractivity contribution < 1.29 is 18.4 Å². The number of piperidine rings is 1. The van der Waals surface area contributed by atoms with Crippen LogP contribution in [0.25, 0.3) is 0 Å². The van der Waals surface area contributed by atoms with Gasteiger partial charge in [-0.15, -0.1) is 0 Å². The fourth-order valence-electron chi connectivity index (χ4n) is 4.74. The number of halogens is 2. The van der Waals surface area contributed by atoms with Gasteiger partial charge >= 0.3 is 11.8 Å². The van der Waals surface area contributed by atoms with Crippen LogP contribution in [-0.2, 0) is 16.0 Å². The quantitative estimate of drug-likeness (QED) is 0.675. The summed E-state index contributed by atoms with van der Waals surface area (Å²) in [6, 6.07) is 9.21. The minimum absolute atomic E-state index is 0.0536. The molecule has 2 aromatic carbocycles. The molecule has 0 unspecified atom stereocenters. The molecule has 33 heavy (non-hydrogen) atoms. The molecule has 1 saturated heterocycles. The predicted octanol–water partition coefficient (Wildman–Crippen LogP) is 3.63. The second-order valence-corrected chi connectivity index (χ2v) is 8.81. The van der Waals surface area contributed by atoms with E-state index in [0.717, 1.165) is 63.0 Å². The van der Waals surface area contributed by atoms with Crippen LogP contribution in [0.2, 0.25) is 0 Å². The van der Waals surface area contributed by atoms with E-state index in [4.69, 9.17) is 0 Å². The molecule has 1 atom stereocenters.